The van der Waals surface area contributed by atoms with E-state index >= 15 is 0 Å². The fourth-order valence-electron chi connectivity index (χ4n) is 1.46. The van der Waals surface area contributed by atoms with Gasteiger partial charge in [-0.15, -0.1) is 0 Å². The fourth-order valence-corrected chi connectivity index (χ4v) is 1.71. The van der Waals surface area contributed by atoms with Crippen LogP contribution < -0.4 is 11.3 Å². The first-order valence-corrected chi connectivity index (χ1v) is 4.90. The lowest BCUT2D eigenvalue weighted by Gasteiger charge is -2.14. The molecule has 0 aliphatic heterocycles. The van der Waals surface area contributed by atoms with E-state index in [1.807, 2.05) is 24.3 Å². The fraction of sp³-hybridized carbons (Fsp3) is 0.100. The summed E-state index contributed by atoms with van der Waals surface area (Å²) in [5.41, 5.74) is 3.58. The average Bonchev–Trinajstić information content (AvgIpc) is 2.75. The zero-order valence-electron chi connectivity index (χ0n) is 7.94. The molecule has 0 radical (unpaired) electrons. The van der Waals surface area contributed by atoms with Crippen LogP contribution in [0.4, 0.5) is 0 Å². The van der Waals surface area contributed by atoms with E-state index in [0.29, 0.717) is 5.02 Å². The van der Waals surface area contributed by atoms with Gasteiger partial charge < -0.3 is 4.98 Å². The highest BCUT2D eigenvalue weighted by Gasteiger charge is 2.16. The smallest absolute Gasteiger partial charge is 0.129 e. The lowest BCUT2D eigenvalue weighted by molar-refractivity contribution is 0.608. The van der Waals surface area contributed by atoms with Crippen molar-refractivity contribution in [3.05, 3.63) is 53.1 Å². The first-order valence-electron chi connectivity index (χ1n) is 4.52. The number of aromatic amines is 1. The Labute approximate surface area is 92.4 Å². The molecule has 0 saturated carbocycles. The average molecular weight is 223 g/mol. The van der Waals surface area contributed by atoms with Crippen molar-refractivity contribution < 1.29 is 0 Å². The number of hydrogen-bond donors (Lipinski definition) is 3. The van der Waals surface area contributed by atoms with Gasteiger partial charge in [0, 0.05) is 17.4 Å². The van der Waals surface area contributed by atoms with E-state index in [-0.39, 0.29) is 6.04 Å². The van der Waals surface area contributed by atoms with Crippen molar-refractivity contribution in [2.75, 3.05) is 0 Å². The lowest BCUT2D eigenvalue weighted by atomic mass is 10.1. The van der Waals surface area contributed by atoms with Crippen molar-refractivity contribution in [3.63, 3.8) is 0 Å². The first-order chi connectivity index (χ1) is 7.33. The number of benzene rings is 1. The number of nitrogens with two attached hydrogens (primary N) is 1. The number of hydrazine groups is 1. The van der Waals surface area contributed by atoms with Gasteiger partial charge in [-0.05, 0) is 11.6 Å². The Bertz CT molecular complexity index is 427. The van der Waals surface area contributed by atoms with Crippen LogP contribution in [0.1, 0.15) is 17.4 Å². The predicted molar refractivity (Wildman–Crippen MR) is 59.2 cm³/mol. The maximum atomic E-state index is 6.08. The van der Waals surface area contributed by atoms with E-state index in [2.05, 4.69) is 15.4 Å². The normalized spacial score (nSPS) is 12.7. The van der Waals surface area contributed by atoms with Crippen LogP contribution in [0.15, 0.2) is 36.7 Å². The van der Waals surface area contributed by atoms with Crippen molar-refractivity contribution in [3.8, 4) is 0 Å². The summed E-state index contributed by atoms with van der Waals surface area (Å²) in [6, 6.07) is 7.31. The van der Waals surface area contributed by atoms with Gasteiger partial charge in [-0.2, -0.15) is 0 Å². The highest BCUT2D eigenvalue weighted by atomic mass is 35.5. The van der Waals surface area contributed by atoms with Gasteiger partial charge >= 0.3 is 0 Å². The zero-order valence-corrected chi connectivity index (χ0v) is 8.70. The van der Waals surface area contributed by atoms with Crippen LogP contribution in [0.5, 0.6) is 0 Å². The van der Waals surface area contributed by atoms with Gasteiger partial charge in [0.25, 0.3) is 0 Å². The van der Waals surface area contributed by atoms with E-state index in [1.54, 1.807) is 12.4 Å². The van der Waals surface area contributed by atoms with Gasteiger partial charge in [-0.1, -0.05) is 29.8 Å². The molecule has 0 aliphatic carbocycles. The molecule has 4 N–H and O–H groups in total. The summed E-state index contributed by atoms with van der Waals surface area (Å²) in [6.45, 7) is 0. The molecule has 2 rings (SSSR count). The number of halogens is 1. The second-order valence-electron chi connectivity index (χ2n) is 3.10. The topological polar surface area (TPSA) is 66.7 Å². The number of hydrogen-bond acceptors (Lipinski definition) is 3. The monoisotopic (exact) mass is 222 g/mol. The Morgan fingerprint density at radius 1 is 1.40 bits per heavy atom. The minimum atomic E-state index is -0.214. The summed E-state index contributed by atoms with van der Waals surface area (Å²) in [4.78, 5) is 7.15. The summed E-state index contributed by atoms with van der Waals surface area (Å²) < 4.78 is 0. The highest BCUT2D eigenvalue weighted by molar-refractivity contribution is 6.31. The van der Waals surface area contributed by atoms with E-state index < -0.39 is 0 Å². The number of rotatable bonds is 3. The van der Waals surface area contributed by atoms with Gasteiger partial charge in [0.05, 0.1) is 0 Å². The van der Waals surface area contributed by atoms with E-state index in [1.165, 1.54) is 0 Å². The third-order valence-corrected chi connectivity index (χ3v) is 2.52. The molecule has 0 spiro atoms. The van der Waals surface area contributed by atoms with Crippen molar-refractivity contribution in [2.45, 2.75) is 6.04 Å². The number of nitrogens with one attached hydrogen (secondary N) is 2. The molecular weight excluding hydrogens is 212 g/mol. The van der Waals surface area contributed by atoms with E-state index in [4.69, 9.17) is 17.4 Å². The molecule has 1 unspecified atom stereocenters. The van der Waals surface area contributed by atoms with Crippen molar-refractivity contribution >= 4 is 11.6 Å². The third kappa shape index (κ3) is 2.02. The Hall–Kier alpha value is -1.36. The number of H-pyrrole nitrogens is 1. The molecule has 0 aliphatic rings. The molecule has 0 saturated heterocycles. The van der Waals surface area contributed by atoms with Crippen molar-refractivity contribution in [2.24, 2.45) is 5.84 Å². The molecule has 4 nitrogen and oxygen atoms in total. The molecule has 0 amide bonds. The van der Waals surface area contributed by atoms with Crippen molar-refractivity contribution in [1.82, 2.24) is 15.4 Å². The van der Waals surface area contributed by atoms with Gasteiger partial charge in [0.1, 0.15) is 11.9 Å². The number of imidazole rings is 1. The Balaban J connectivity index is 2.40. The van der Waals surface area contributed by atoms with Crippen molar-refractivity contribution in [1.29, 1.82) is 0 Å². The summed E-state index contributed by atoms with van der Waals surface area (Å²) in [7, 11) is 0. The van der Waals surface area contributed by atoms with E-state index in [9.17, 15) is 0 Å². The molecule has 2 aromatic rings. The molecule has 1 heterocycles. The lowest BCUT2D eigenvalue weighted by Crippen LogP contribution is -2.29. The second kappa shape index (κ2) is 4.44. The Morgan fingerprint density at radius 2 is 2.20 bits per heavy atom. The van der Waals surface area contributed by atoms with Gasteiger partial charge in [0.15, 0.2) is 0 Å². The molecule has 0 bridgehead atoms. The molecule has 5 heteroatoms. The molecule has 78 valence electrons. The van der Waals surface area contributed by atoms with Crippen LogP contribution in [0.3, 0.4) is 0 Å². The highest BCUT2D eigenvalue weighted by Crippen LogP contribution is 2.25. The summed E-state index contributed by atoms with van der Waals surface area (Å²) >= 11 is 6.08. The minimum absolute atomic E-state index is 0.214. The Kier molecular flexibility index (Phi) is 3.01. The van der Waals surface area contributed by atoms with Crippen LogP contribution in [0.2, 0.25) is 5.02 Å². The number of aromatic nitrogens is 2. The summed E-state index contributed by atoms with van der Waals surface area (Å²) in [6.07, 6.45) is 3.42. The molecule has 15 heavy (non-hydrogen) atoms. The first kappa shape index (κ1) is 10.2. The standard InChI is InChI=1S/C10H11ClN4/c11-8-4-2-1-3-7(8)9(15-12)10-13-5-6-14-10/h1-6,9,15H,12H2,(H,13,14). The minimum Gasteiger partial charge on any atom is -0.347 e. The molecule has 1 atom stereocenters. The molecule has 1 aromatic carbocycles. The van der Waals surface area contributed by atoms with Crippen LogP contribution in [0.25, 0.3) is 0 Å². The SMILES string of the molecule is NNC(c1ncc[nH]1)c1ccccc1Cl. The summed E-state index contributed by atoms with van der Waals surface area (Å²) in [5.74, 6) is 6.24. The van der Waals surface area contributed by atoms with Gasteiger partial charge in [0.2, 0.25) is 0 Å². The van der Waals surface area contributed by atoms with Gasteiger partial charge in [-0.25, -0.2) is 10.4 Å². The third-order valence-electron chi connectivity index (χ3n) is 2.18. The summed E-state index contributed by atoms with van der Waals surface area (Å²) in [5, 5.41) is 0.664. The van der Waals surface area contributed by atoms with E-state index in [0.717, 1.165) is 11.4 Å². The van der Waals surface area contributed by atoms with Crippen LogP contribution in [-0.4, -0.2) is 9.97 Å². The largest absolute Gasteiger partial charge is 0.347 e. The van der Waals surface area contributed by atoms with Crippen LogP contribution in [-0.2, 0) is 0 Å². The maximum absolute atomic E-state index is 6.08. The predicted octanol–water partition coefficient (Wildman–Crippen LogP) is 1.62. The maximum Gasteiger partial charge on any atom is 0.129 e. The zero-order chi connectivity index (χ0) is 10.7. The number of nitrogens with zero attached hydrogens (tertiary/aromatic N) is 1. The Morgan fingerprint density at radius 3 is 2.80 bits per heavy atom. The molecule has 1 aromatic heterocycles. The van der Waals surface area contributed by atoms with Gasteiger partial charge in [-0.3, -0.25) is 5.84 Å². The second-order valence-corrected chi connectivity index (χ2v) is 3.50. The molecular formula is C10H11ClN4. The van der Waals surface area contributed by atoms with Crippen LogP contribution in [0, 0.1) is 0 Å². The quantitative estimate of drug-likeness (QED) is 0.546. The van der Waals surface area contributed by atoms with Crippen LogP contribution >= 0.6 is 11.6 Å². The molecule has 0 fully saturated rings.